The standard InChI is InChI=1S/C42H28N4/c1-3-11-33(12-4-1)45(34-13-5-2-6-14-34)36-23-24-40-38(27-36)37-15-7-8-16-39(37)46(40)35-21-19-29(20-22-35)32-26-31-18-17-30-10-9-25-43-41(30)42(31)44-28-32/h1-28H. The van der Waals surface area contributed by atoms with E-state index in [2.05, 4.69) is 166 Å². The molecule has 0 amide bonds. The molecule has 0 saturated carbocycles. The third-order valence-corrected chi connectivity index (χ3v) is 8.82. The van der Waals surface area contributed by atoms with E-state index >= 15 is 0 Å². The number of anilines is 3. The van der Waals surface area contributed by atoms with Gasteiger partial charge in [0.2, 0.25) is 0 Å². The van der Waals surface area contributed by atoms with Gasteiger partial charge in [0, 0.05) is 62.3 Å². The fourth-order valence-corrected chi connectivity index (χ4v) is 6.68. The predicted octanol–water partition coefficient (Wildman–Crippen LogP) is 11.0. The summed E-state index contributed by atoms with van der Waals surface area (Å²) in [6.07, 6.45) is 3.78. The Kier molecular flexibility index (Phi) is 6.10. The number of hydrogen-bond donors (Lipinski definition) is 0. The molecule has 46 heavy (non-hydrogen) atoms. The molecule has 0 aliphatic heterocycles. The first-order valence-electron chi connectivity index (χ1n) is 15.5. The second-order valence-corrected chi connectivity index (χ2v) is 11.5. The first-order chi connectivity index (χ1) is 22.8. The molecule has 0 radical (unpaired) electrons. The fraction of sp³-hybridized carbons (Fsp3) is 0. The Bertz CT molecular complexity index is 2480. The van der Waals surface area contributed by atoms with Crippen molar-refractivity contribution < 1.29 is 0 Å². The molecule has 0 bridgehead atoms. The Morgan fingerprint density at radius 2 is 1.11 bits per heavy atom. The predicted molar refractivity (Wildman–Crippen MR) is 192 cm³/mol. The first-order valence-corrected chi connectivity index (χ1v) is 15.5. The van der Waals surface area contributed by atoms with Crippen molar-refractivity contribution >= 4 is 60.7 Å². The third-order valence-electron chi connectivity index (χ3n) is 8.82. The van der Waals surface area contributed by atoms with Gasteiger partial charge in [0.05, 0.1) is 22.1 Å². The van der Waals surface area contributed by atoms with Crippen LogP contribution in [0.15, 0.2) is 170 Å². The van der Waals surface area contributed by atoms with Crippen LogP contribution >= 0.6 is 0 Å². The molecule has 0 unspecified atom stereocenters. The number of benzene rings is 6. The molecule has 216 valence electrons. The van der Waals surface area contributed by atoms with E-state index in [-0.39, 0.29) is 0 Å². The Balaban J connectivity index is 1.15. The van der Waals surface area contributed by atoms with Gasteiger partial charge in [0.15, 0.2) is 0 Å². The molecule has 3 aromatic heterocycles. The van der Waals surface area contributed by atoms with Crippen LogP contribution in [-0.4, -0.2) is 14.5 Å². The molecule has 0 aliphatic carbocycles. The summed E-state index contributed by atoms with van der Waals surface area (Å²) in [4.78, 5) is 11.7. The van der Waals surface area contributed by atoms with Crippen LogP contribution in [-0.2, 0) is 0 Å². The van der Waals surface area contributed by atoms with E-state index in [9.17, 15) is 0 Å². The second kappa shape index (κ2) is 10.7. The molecule has 0 atom stereocenters. The number of nitrogens with zero attached hydrogens (tertiary/aromatic N) is 4. The lowest BCUT2D eigenvalue weighted by Crippen LogP contribution is -2.09. The van der Waals surface area contributed by atoms with Gasteiger partial charge in [-0.05, 0) is 78.4 Å². The minimum Gasteiger partial charge on any atom is -0.310 e. The number of para-hydroxylation sites is 3. The second-order valence-electron chi connectivity index (χ2n) is 11.5. The highest BCUT2D eigenvalue weighted by Gasteiger charge is 2.17. The molecule has 0 fully saturated rings. The minimum atomic E-state index is 0.932. The van der Waals surface area contributed by atoms with Crippen molar-refractivity contribution in [1.29, 1.82) is 0 Å². The molecule has 6 aromatic carbocycles. The van der Waals surface area contributed by atoms with Crippen LogP contribution in [0.2, 0.25) is 0 Å². The zero-order valence-corrected chi connectivity index (χ0v) is 25.0. The smallest absolute Gasteiger partial charge is 0.0964 e. The van der Waals surface area contributed by atoms with Gasteiger partial charge in [-0.3, -0.25) is 9.97 Å². The molecule has 0 N–H and O–H groups in total. The lowest BCUT2D eigenvalue weighted by atomic mass is 10.0. The highest BCUT2D eigenvalue weighted by atomic mass is 15.1. The Hall–Kier alpha value is -6.26. The summed E-state index contributed by atoms with van der Waals surface area (Å²) in [6.45, 7) is 0. The molecular weight excluding hydrogens is 560 g/mol. The highest BCUT2D eigenvalue weighted by molar-refractivity contribution is 6.11. The van der Waals surface area contributed by atoms with E-state index in [0.717, 1.165) is 55.7 Å². The van der Waals surface area contributed by atoms with Gasteiger partial charge >= 0.3 is 0 Å². The first kappa shape index (κ1) is 26.2. The van der Waals surface area contributed by atoms with Crippen molar-refractivity contribution in [3.63, 3.8) is 0 Å². The van der Waals surface area contributed by atoms with E-state index in [1.54, 1.807) is 0 Å². The molecule has 9 aromatic rings. The largest absolute Gasteiger partial charge is 0.310 e. The lowest BCUT2D eigenvalue weighted by molar-refractivity contribution is 1.18. The molecule has 0 spiro atoms. The molecule has 3 heterocycles. The average molecular weight is 589 g/mol. The zero-order valence-electron chi connectivity index (χ0n) is 25.0. The van der Waals surface area contributed by atoms with Gasteiger partial charge in [-0.15, -0.1) is 0 Å². The van der Waals surface area contributed by atoms with Gasteiger partial charge < -0.3 is 9.47 Å². The van der Waals surface area contributed by atoms with Gasteiger partial charge in [-0.1, -0.05) is 84.9 Å². The minimum absolute atomic E-state index is 0.932. The summed E-state index contributed by atoms with van der Waals surface area (Å²) in [5.41, 5.74) is 10.9. The normalized spacial score (nSPS) is 11.5. The molecule has 0 aliphatic rings. The number of pyridine rings is 2. The molecule has 9 rings (SSSR count). The number of hydrogen-bond acceptors (Lipinski definition) is 3. The van der Waals surface area contributed by atoms with Crippen molar-refractivity contribution in [2.24, 2.45) is 0 Å². The summed E-state index contributed by atoms with van der Waals surface area (Å²) in [5.74, 6) is 0. The van der Waals surface area contributed by atoms with Crippen molar-refractivity contribution in [2.45, 2.75) is 0 Å². The van der Waals surface area contributed by atoms with Crippen LogP contribution in [0.4, 0.5) is 17.1 Å². The van der Waals surface area contributed by atoms with Gasteiger partial charge in [-0.2, -0.15) is 0 Å². The van der Waals surface area contributed by atoms with Crippen LogP contribution < -0.4 is 4.90 Å². The molecule has 4 heteroatoms. The van der Waals surface area contributed by atoms with E-state index in [4.69, 9.17) is 4.98 Å². The summed E-state index contributed by atoms with van der Waals surface area (Å²) >= 11 is 0. The third kappa shape index (κ3) is 4.31. The molecular formula is C42H28N4. The maximum absolute atomic E-state index is 4.83. The van der Waals surface area contributed by atoms with Crippen LogP contribution in [0.5, 0.6) is 0 Å². The SMILES string of the molecule is c1ccc(N(c2ccccc2)c2ccc3c(c2)c2ccccc2n3-c2ccc(-c3cnc4c(ccc5cccnc54)c3)cc2)cc1. The summed E-state index contributed by atoms with van der Waals surface area (Å²) in [6, 6.07) is 55.9. The van der Waals surface area contributed by atoms with E-state index < -0.39 is 0 Å². The number of rotatable bonds is 5. The molecule has 0 saturated heterocycles. The van der Waals surface area contributed by atoms with Crippen LogP contribution in [0.3, 0.4) is 0 Å². The van der Waals surface area contributed by atoms with Crippen LogP contribution in [0.1, 0.15) is 0 Å². The average Bonchev–Trinajstić information content (AvgIpc) is 3.46. The van der Waals surface area contributed by atoms with Gasteiger partial charge in [0.25, 0.3) is 0 Å². The topological polar surface area (TPSA) is 34.0 Å². The van der Waals surface area contributed by atoms with Crippen molar-refractivity contribution in [3.05, 3.63) is 170 Å². The monoisotopic (exact) mass is 588 g/mol. The van der Waals surface area contributed by atoms with Crippen molar-refractivity contribution in [3.8, 4) is 16.8 Å². The van der Waals surface area contributed by atoms with Crippen molar-refractivity contribution in [2.75, 3.05) is 4.90 Å². The van der Waals surface area contributed by atoms with E-state index in [0.29, 0.717) is 0 Å². The summed E-state index contributed by atoms with van der Waals surface area (Å²) < 4.78 is 2.37. The zero-order chi connectivity index (χ0) is 30.5. The van der Waals surface area contributed by atoms with Crippen LogP contribution in [0, 0.1) is 0 Å². The van der Waals surface area contributed by atoms with E-state index in [1.807, 2.05) is 18.5 Å². The highest BCUT2D eigenvalue weighted by Crippen LogP contribution is 2.39. The molecule has 4 nitrogen and oxygen atoms in total. The maximum atomic E-state index is 4.83. The fourth-order valence-electron chi connectivity index (χ4n) is 6.68. The summed E-state index contributed by atoms with van der Waals surface area (Å²) in [5, 5.41) is 4.63. The van der Waals surface area contributed by atoms with E-state index in [1.165, 1.54) is 21.8 Å². The number of fused-ring (bicyclic) bond motifs is 6. The van der Waals surface area contributed by atoms with Crippen LogP contribution in [0.25, 0.3) is 60.4 Å². The van der Waals surface area contributed by atoms with Gasteiger partial charge in [-0.25, -0.2) is 0 Å². The number of aromatic nitrogens is 3. The lowest BCUT2D eigenvalue weighted by Gasteiger charge is -2.25. The Labute approximate surface area is 266 Å². The van der Waals surface area contributed by atoms with Gasteiger partial charge in [0.1, 0.15) is 0 Å². The Morgan fingerprint density at radius 3 is 1.89 bits per heavy atom. The quantitative estimate of drug-likeness (QED) is 0.188. The maximum Gasteiger partial charge on any atom is 0.0964 e. The van der Waals surface area contributed by atoms with Crippen molar-refractivity contribution in [1.82, 2.24) is 14.5 Å². The summed E-state index contributed by atoms with van der Waals surface area (Å²) in [7, 11) is 0. The Morgan fingerprint density at radius 1 is 0.435 bits per heavy atom.